The van der Waals surface area contributed by atoms with E-state index in [0.29, 0.717) is 22.8 Å². The van der Waals surface area contributed by atoms with Crippen molar-refractivity contribution in [3.05, 3.63) is 70.7 Å². The second-order valence-corrected chi connectivity index (χ2v) is 10.2. The van der Waals surface area contributed by atoms with Gasteiger partial charge in [-0.15, -0.1) is 0 Å². The quantitative estimate of drug-likeness (QED) is 0.461. The monoisotopic (exact) mass is 439 g/mol. The SMILES string of the molecule is CC(C)[C@@H]1CC[C@@H](C)C[C@H]1O[C@@H]1C(=O)N([C@@H](C)c2ccccc2)[C@H]1c1ccc(Cl)cc1. The first-order valence-electron chi connectivity index (χ1n) is 11.6. The number of benzene rings is 2. The predicted molar refractivity (Wildman–Crippen MR) is 126 cm³/mol. The first kappa shape index (κ1) is 22.4. The van der Waals surface area contributed by atoms with Gasteiger partial charge in [-0.3, -0.25) is 4.79 Å². The molecule has 166 valence electrons. The summed E-state index contributed by atoms with van der Waals surface area (Å²) in [5.41, 5.74) is 2.22. The molecular weight excluding hydrogens is 406 g/mol. The van der Waals surface area contributed by atoms with Gasteiger partial charge < -0.3 is 9.64 Å². The molecule has 2 aliphatic rings. The van der Waals surface area contributed by atoms with Gasteiger partial charge in [-0.1, -0.05) is 81.3 Å². The van der Waals surface area contributed by atoms with Gasteiger partial charge in [-0.2, -0.15) is 0 Å². The van der Waals surface area contributed by atoms with Crippen LogP contribution in [0.4, 0.5) is 0 Å². The summed E-state index contributed by atoms with van der Waals surface area (Å²) in [7, 11) is 0. The lowest BCUT2D eigenvalue weighted by atomic mass is 9.75. The van der Waals surface area contributed by atoms with Crippen LogP contribution < -0.4 is 0 Å². The van der Waals surface area contributed by atoms with Gasteiger partial charge in [0.15, 0.2) is 6.10 Å². The van der Waals surface area contributed by atoms with Crippen molar-refractivity contribution in [3.63, 3.8) is 0 Å². The Labute approximate surface area is 191 Å². The number of carbonyl (C=O) groups is 1. The minimum atomic E-state index is -0.427. The van der Waals surface area contributed by atoms with Gasteiger partial charge in [0.1, 0.15) is 0 Å². The second kappa shape index (κ2) is 9.34. The van der Waals surface area contributed by atoms with E-state index in [1.165, 1.54) is 12.8 Å². The molecule has 1 heterocycles. The van der Waals surface area contributed by atoms with Crippen LogP contribution in [0, 0.1) is 17.8 Å². The Morgan fingerprint density at radius 1 is 1.00 bits per heavy atom. The Kier molecular flexibility index (Phi) is 6.74. The lowest BCUT2D eigenvalue weighted by Gasteiger charge is -2.52. The molecule has 0 bridgehead atoms. The van der Waals surface area contributed by atoms with Crippen LogP contribution >= 0.6 is 11.6 Å². The van der Waals surface area contributed by atoms with E-state index in [0.717, 1.165) is 17.5 Å². The maximum absolute atomic E-state index is 13.4. The Morgan fingerprint density at radius 2 is 1.68 bits per heavy atom. The molecule has 1 saturated heterocycles. The third-order valence-electron chi connectivity index (χ3n) is 7.28. The highest BCUT2D eigenvalue weighted by Gasteiger charge is 2.53. The van der Waals surface area contributed by atoms with Crippen LogP contribution in [-0.4, -0.2) is 23.0 Å². The maximum atomic E-state index is 13.4. The topological polar surface area (TPSA) is 29.5 Å². The van der Waals surface area contributed by atoms with Gasteiger partial charge in [-0.25, -0.2) is 0 Å². The third-order valence-corrected chi connectivity index (χ3v) is 7.53. The zero-order valence-electron chi connectivity index (χ0n) is 19.0. The van der Waals surface area contributed by atoms with E-state index in [1.807, 2.05) is 47.4 Å². The van der Waals surface area contributed by atoms with Gasteiger partial charge in [0.05, 0.1) is 18.2 Å². The lowest BCUT2D eigenvalue weighted by molar-refractivity contribution is -0.196. The zero-order chi connectivity index (χ0) is 22.1. The number of rotatable bonds is 6. The molecule has 1 amide bonds. The summed E-state index contributed by atoms with van der Waals surface area (Å²) < 4.78 is 6.67. The number of halogens is 1. The predicted octanol–water partition coefficient (Wildman–Crippen LogP) is 6.83. The van der Waals surface area contributed by atoms with E-state index in [2.05, 4.69) is 39.8 Å². The summed E-state index contributed by atoms with van der Waals surface area (Å²) in [6, 6.07) is 18.0. The molecule has 0 radical (unpaired) electrons. The van der Waals surface area contributed by atoms with Crippen molar-refractivity contribution in [1.29, 1.82) is 0 Å². The fraction of sp³-hybridized carbons (Fsp3) is 0.519. The summed E-state index contributed by atoms with van der Waals surface area (Å²) >= 11 is 6.15. The molecule has 6 atom stereocenters. The minimum absolute atomic E-state index is 0.0135. The first-order chi connectivity index (χ1) is 14.9. The van der Waals surface area contributed by atoms with Crippen molar-refractivity contribution in [2.75, 3.05) is 0 Å². The van der Waals surface area contributed by atoms with E-state index in [4.69, 9.17) is 16.3 Å². The minimum Gasteiger partial charge on any atom is -0.362 e. The van der Waals surface area contributed by atoms with E-state index in [1.54, 1.807) is 0 Å². The Hall–Kier alpha value is -1.84. The van der Waals surface area contributed by atoms with Crippen LogP contribution in [0.3, 0.4) is 0 Å². The van der Waals surface area contributed by atoms with Crippen LogP contribution in [-0.2, 0) is 9.53 Å². The van der Waals surface area contributed by atoms with E-state index in [-0.39, 0.29) is 24.1 Å². The average Bonchev–Trinajstić information content (AvgIpc) is 2.76. The molecule has 0 unspecified atom stereocenters. The molecule has 2 aromatic rings. The number of β-lactam (4-membered cyclic amide) rings is 1. The highest BCUT2D eigenvalue weighted by molar-refractivity contribution is 6.30. The molecule has 4 heteroatoms. The Balaban J connectivity index is 1.62. The third kappa shape index (κ3) is 4.54. The molecule has 3 nitrogen and oxygen atoms in total. The van der Waals surface area contributed by atoms with Crippen LogP contribution in [0.25, 0.3) is 0 Å². The van der Waals surface area contributed by atoms with Crippen LogP contribution in [0.1, 0.15) is 70.2 Å². The highest BCUT2D eigenvalue weighted by atomic mass is 35.5. The molecule has 1 aliphatic carbocycles. The number of ether oxygens (including phenoxy) is 1. The second-order valence-electron chi connectivity index (χ2n) is 9.75. The van der Waals surface area contributed by atoms with Gasteiger partial charge >= 0.3 is 0 Å². The standard InChI is InChI=1S/C27H34ClNO2/c1-17(2)23-15-10-18(3)16-24(23)31-26-25(21-11-13-22(28)14-12-21)29(27(26)30)19(4)20-8-6-5-7-9-20/h5-9,11-14,17-19,23-26H,10,15-16H2,1-4H3/t18-,19+,23+,24-,25+,26+/m1/s1. The van der Waals surface area contributed by atoms with Crippen LogP contribution in [0.15, 0.2) is 54.6 Å². The lowest BCUT2D eigenvalue weighted by Crippen LogP contribution is -2.61. The largest absolute Gasteiger partial charge is 0.362 e. The van der Waals surface area contributed by atoms with Gasteiger partial charge in [0.2, 0.25) is 0 Å². The smallest absolute Gasteiger partial charge is 0.255 e. The Bertz CT molecular complexity index is 882. The van der Waals surface area contributed by atoms with Crippen molar-refractivity contribution in [2.24, 2.45) is 17.8 Å². The summed E-state index contributed by atoms with van der Waals surface area (Å²) in [4.78, 5) is 15.4. The number of nitrogens with zero attached hydrogens (tertiary/aromatic N) is 1. The molecule has 31 heavy (non-hydrogen) atoms. The average molecular weight is 440 g/mol. The molecule has 0 N–H and O–H groups in total. The fourth-order valence-electron chi connectivity index (χ4n) is 5.39. The molecule has 4 rings (SSSR count). The van der Waals surface area contributed by atoms with Crippen molar-refractivity contribution in [2.45, 2.75) is 71.2 Å². The number of likely N-dealkylation sites (tertiary alicyclic amines) is 1. The molecule has 1 aliphatic heterocycles. The van der Waals surface area contributed by atoms with Gasteiger partial charge in [-0.05, 0) is 60.8 Å². The molecule has 1 saturated carbocycles. The molecular formula is C27H34ClNO2. The van der Waals surface area contributed by atoms with Crippen molar-refractivity contribution >= 4 is 17.5 Å². The number of carbonyl (C=O) groups excluding carboxylic acids is 1. The summed E-state index contributed by atoms with van der Waals surface area (Å²) in [6.07, 6.45) is 3.18. The van der Waals surface area contributed by atoms with E-state index >= 15 is 0 Å². The first-order valence-corrected chi connectivity index (χ1v) is 12.0. The summed E-state index contributed by atoms with van der Waals surface area (Å²) in [5, 5.41) is 0.704. The van der Waals surface area contributed by atoms with E-state index in [9.17, 15) is 4.79 Å². The van der Waals surface area contributed by atoms with Crippen molar-refractivity contribution in [1.82, 2.24) is 4.90 Å². The van der Waals surface area contributed by atoms with Gasteiger partial charge in [0.25, 0.3) is 5.91 Å². The zero-order valence-corrected chi connectivity index (χ0v) is 19.8. The summed E-state index contributed by atoms with van der Waals surface area (Å²) in [6.45, 7) is 8.96. The number of hydrogen-bond acceptors (Lipinski definition) is 2. The fourth-order valence-corrected chi connectivity index (χ4v) is 5.52. The molecule has 2 fully saturated rings. The number of amides is 1. The normalized spacial score (nSPS) is 29.7. The van der Waals surface area contributed by atoms with Crippen molar-refractivity contribution in [3.8, 4) is 0 Å². The highest BCUT2D eigenvalue weighted by Crippen LogP contribution is 2.46. The van der Waals surface area contributed by atoms with Crippen molar-refractivity contribution < 1.29 is 9.53 Å². The van der Waals surface area contributed by atoms with Crippen LogP contribution in [0.2, 0.25) is 5.02 Å². The molecule has 0 aromatic heterocycles. The van der Waals surface area contributed by atoms with Crippen LogP contribution in [0.5, 0.6) is 0 Å². The van der Waals surface area contributed by atoms with Gasteiger partial charge in [0, 0.05) is 5.02 Å². The van der Waals surface area contributed by atoms with E-state index < -0.39 is 6.10 Å². The number of hydrogen-bond donors (Lipinski definition) is 0. The molecule has 0 spiro atoms. The molecule has 2 aromatic carbocycles. The summed E-state index contributed by atoms with van der Waals surface area (Å²) in [5.74, 6) is 1.80. The Morgan fingerprint density at radius 3 is 2.32 bits per heavy atom. The maximum Gasteiger partial charge on any atom is 0.255 e.